The van der Waals surface area contributed by atoms with Crippen LogP contribution in [0, 0.1) is 11.8 Å². The monoisotopic (exact) mass is 732 g/mol. The fourth-order valence-electron chi connectivity index (χ4n) is 8.64. The fourth-order valence-corrected chi connectivity index (χ4v) is 8.64. The van der Waals surface area contributed by atoms with Crippen LogP contribution >= 0.6 is 0 Å². The summed E-state index contributed by atoms with van der Waals surface area (Å²) in [4.78, 5) is 63.3. The molecule has 0 unspecified atom stereocenters. The Balaban J connectivity index is 1.35. The van der Waals surface area contributed by atoms with Crippen molar-refractivity contribution in [1.29, 1.82) is 0 Å². The van der Waals surface area contributed by atoms with E-state index in [1.54, 1.807) is 24.0 Å². The van der Waals surface area contributed by atoms with E-state index < -0.39 is 72.2 Å². The fraction of sp³-hybridized carbons (Fsp3) is 0.395. The first kappa shape index (κ1) is 37.1. The highest BCUT2D eigenvalue weighted by molar-refractivity contribution is 6.05. The zero-order valence-electron chi connectivity index (χ0n) is 30.9. The molecule has 11 heteroatoms. The maximum absolute atomic E-state index is 15.4. The summed E-state index contributed by atoms with van der Waals surface area (Å²) in [6.07, 6.45) is 6.15. The normalized spacial score (nSPS) is 29.5. The second-order valence-corrected chi connectivity index (χ2v) is 14.3. The van der Waals surface area contributed by atoms with E-state index >= 15 is 9.59 Å². The third-order valence-electron chi connectivity index (χ3n) is 11.3. The predicted octanol–water partition coefficient (Wildman–Crippen LogP) is 4.89. The van der Waals surface area contributed by atoms with Crippen LogP contribution in [0.5, 0.6) is 0 Å². The molecule has 0 radical (unpaired) electrons. The molecule has 1 spiro atoms. The second kappa shape index (κ2) is 15.6. The third-order valence-corrected chi connectivity index (χ3v) is 11.3. The van der Waals surface area contributed by atoms with E-state index in [9.17, 15) is 14.7 Å². The van der Waals surface area contributed by atoms with Gasteiger partial charge in [0, 0.05) is 37.4 Å². The quantitative estimate of drug-likeness (QED) is 0.248. The second-order valence-electron chi connectivity index (χ2n) is 14.3. The van der Waals surface area contributed by atoms with Crippen LogP contribution in [-0.2, 0) is 28.7 Å². The molecular weight excluding hydrogens is 684 g/mol. The highest BCUT2D eigenvalue weighted by atomic mass is 16.6. The van der Waals surface area contributed by atoms with Gasteiger partial charge in [-0.15, -0.1) is 0 Å². The summed E-state index contributed by atoms with van der Waals surface area (Å²) in [6.45, 7) is 7.28. The first-order valence-corrected chi connectivity index (χ1v) is 18.9. The van der Waals surface area contributed by atoms with E-state index in [2.05, 4.69) is 24.1 Å². The molecule has 8 atom stereocenters. The van der Waals surface area contributed by atoms with Crippen LogP contribution in [0.1, 0.15) is 56.9 Å². The molecule has 11 nitrogen and oxygen atoms in total. The maximum atomic E-state index is 15.4. The lowest BCUT2D eigenvalue weighted by Crippen LogP contribution is -2.57. The standard InChI is InChI=1S/C43H48N4O7/c1-4-45(5-2)31-20-22-32(23-21-31)46-26-14-8-13-19-35(49)44-28(3)38(30-17-11-7-12-18-30)53-42(52)36-34-24-25-43(54-34)37(36)40(50)47(39(43)41(46)51)33(27-48)29-15-9-6-10-16-29/h6-12,14-18,20-25,28,33-34,36-39,48H,4-5,13,19,26-27H2,1-3H3,(H,44,49)/b14-8-/t28-,33-,34+,36-,37-,38+,39+,43-/m1/s1. The molecule has 4 aliphatic rings. The van der Waals surface area contributed by atoms with Gasteiger partial charge in [-0.2, -0.15) is 0 Å². The molecule has 2 N–H and O–H groups in total. The van der Waals surface area contributed by atoms with E-state index in [4.69, 9.17) is 9.47 Å². The van der Waals surface area contributed by atoms with Gasteiger partial charge >= 0.3 is 5.97 Å². The van der Waals surface area contributed by atoms with Crippen molar-refractivity contribution < 1.29 is 33.8 Å². The SMILES string of the molecule is CCN(CC)c1ccc(N2C/C=C\CCC(=O)N[C@H](C)[C@@H](c3ccccc3)OC(=O)[C@@H]3[C@@H]4C=C[C@]5(O4)[C@H](C2=O)N([C@H](CO)c2ccccc2)C(=O)[C@@H]35)cc1. The zero-order valence-corrected chi connectivity index (χ0v) is 30.9. The summed E-state index contributed by atoms with van der Waals surface area (Å²) in [7, 11) is 0. The summed E-state index contributed by atoms with van der Waals surface area (Å²) in [6, 6.07) is 23.3. The number of amides is 3. The van der Waals surface area contributed by atoms with E-state index in [0.717, 1.165) is 18.8 Å². The number of likely N-dealkylation sites (tertiary alicyclic amines) is 1. The van der Waals surface area contributed by atoms with Crippen molar-refractivity contribution in [3.8, 4) is 0 Å². The average Bonchev–Trinajstić information content (AvgIpc) is 3.84. The Morgan fingerprint density at radius 1 is 0.907 bits per heavy atom. The topological polar surface area (TPSA) is 129 Å². The highest BCUT2D eigenvalue weighted by Gasteiger charge is 2.74. The van der Waals surface area contributed by atoms with E-state index in [1.807, 2.05) is 97.1 Å². The Morgan fingerprint density at radius 3 is 2.26 bits per heavy atom. The largest absolute Gasteiger partial charge is 0.455 e. The summed E-state index contributed by atoms with van der Waals surface area (Å²) < 4.78 is 13.0. The molecule has 2 fully saturated rings. The van der Waals surface area contributed by atoms with Crippen LogP contribution in [0.15, 0.2) is 109 Å². The molecule has 0 saturated carbocycles. The molecule has 5 bridgehead atoms. The molecule has 3 aromatic carbocycles. The Bertz CT molecular complexity index is 1900. The lowest BCUT2D eigenvalue weighted by molar-refractivity contribution is -0.161. The van der Waals surface area contributed by atoms with Crippen molar-refractivity contribution in [3.63, 3.8) is 0 Å². The van der Waals surface area contributed by atoms with Gasteiger partial charge in [0.05, 0.1) is 30.7 Å². The van der Waals surface area contributed by atoms with Crippen molar-refractivity contribution in [1.82, 2.24) is 10.2 Å². The van der Waals surface area contributed by atoms with Crippen LogP contribution in [0.25, 0.3) is 0 Å². The molecule has 0 aliphatic carbocycles. The van der Waals surface area contributed by atoms with Crippen molar-refractivity contribution in [2.45, 2.75) is 69.5 Å². The number of hydrogen-bond acceptors (Lipinski definition) is 8. The number of fused-ring (bicyclic) bond motifs is 2. The number of nitrogens with one attached hydrogen (secondary N) is 1. The number of carbonyl (C=O) groups excluding carboxylic acids is 4. The summed E-state index contributed by atoms with van der Waals surface area (Å²) in [5.74, 6) is -3.95. The molecule has 4 aliphatic heterocycles. The van der Waals surface area contributed by atoms with Gasteiger partial charge in [0.2, 0.25) is 11.8 Å². The Hall–Kier alpha value is -5.26. The average molecular weight is 733 g/mol. The van der Waals surface area contributed by atoms with Gasteiger partial charge in [0.15, 0.2) is 0 Å². The van der Waals surface area contributed by atoms with Gasteiger partial charge in [-0.25, -0.2) is 0 Å². The molecular formula is C43H48N4O7. The number of aliphatic hydroxyl groups is 1. The summed E-state index contributed by atoms with van der Waals surface area (Å²) >= 11 is 0. The van der Waals surface area contributed by atoms with Crippen LogP contribution < -0.4 is 15.1 Å². The number of rotatable bonds is 8. The van der Waals surface area contributed by atoms with Gasteiger partial charge in [-0.3, -0.25) is 19.2 Å². The minimum atomic E-state index is -1.51. The molecule has 4 heterocycles. The molecule has 3 aromatic rings. The number of aliphatic hydroxyl groups excluding tert-OH is 1. The first-order valence-electron chi connectivity index (χ1n) is 18.9. The number of cyclic esters (lactones) is 1. The number of anilines is 2. The third kappa shape index (κ3) is 6.60. The van der Waals surface area contributed by atoms with Gasteiger partial charge < -0.3 is 34.6 Å². The van der Waals surface area contributed by atoms with Crippen molar-refractivity contribution in [2.24, 2.45) is 11.8 Å². The van der Waals surface area contributed by atoms with Crippen LogP contribution in [0.2, 0.25) is 0 Å². The number of esters is 1. The number of nitrogens with zero attached hydrogens (tertiary/aromatic N) is 3. The number of benzene rings is 3. The van der Waals surface area contributed by atoms with Gasteiger partial charge in [-0.05, 0) is 62.6 Å². The van der Waals surface area contributed by atoms with Crippen molar-refractivity contribution in [2.75, 3.05) is 36.0 Å². The Morgan fingerprint density at radius 2 is 1.59 bits per heavy atom. The lowest BCUT2D eigenvalue weighted by Gasteiger charge is -2.39. The number of carbonyl (C=O) groups is 4. The molecule has 3 amide bonds. The van der Waals surface area contributed by atoms with Crippen molar-refractivity contribution >= 4 is 35.1 Å². The molecule has 54 heavy (non-hydrogen) atoms. The maximum Gasteiger partial charge on any atom is 0.313 e. The number of hydrogen-bond donors (Lipinski definition) is 2. The van der Waals surface area contributed by atoms with E-state index in [0.29, 0.717) is 23.2 Å². The number of allylic oxidation sites excluding steroid dienone is 1. The smallest absolute Gasteiger partial charge is 0.313 e. The molecule has 2 saturated heterocycles. The van der Waals surface area contributed by atoms with Crippen LogP contribution in [0.3, 0.4) is 0 Å². The highest BCUT2D eigenvalue weighted by Crippen LogP contribution is 2.57. The molecule has 282 valence electrons. The lowest BCUT2D eigenvalue weighted by atomic mass is 9.74. The molecule has 7 rings (SSSR count). The van der Waals surface area contributed by atoms with Gasteiger partial charge in [-0.1, -0.05) is 85.0 Å². The van der Waals surface area contributed by atoms with Crippen LogP contribution in [-0.4, -0.2) is 83.7 Å². The van der Waals surface area contributed by atoms with E-state index in [-0.39, 0.29) is 18.9 Å². The minimum absolute atomic E-state index is 0.143. The van der Waals surface area contributed by atoms with Crippen molar-refractivity contribution in [3.05, 3.63) is 120 Å². The summed E-state index contributed by atoms with van der Waals surface area (Å²) in [5, 5.41) is 14.0. The summed E-state index contributed by atoms with van der Waals surface area (Å²) in [5.41, 5.74) is 1.44. The zero-order chi connectivity index (χ0) is 38.0. The first-order chi connectivity index (χ1) is 26.2. The Labute approximate surface area is 316 Å². The minimum Gasteiger partial charge on any atom is -0.455 e. The van der Waals surface area contributed by atoms with Gasteiger partial charge in [0.25, 0.3) is 5.91 Å². The number of ether oxygens (including phenoxy) is 2. The molecule has 0 aromatic heterocycles. The Kier molecular flexibility index (Phi) is 10.7. The van der Waals surface area contributed by atoms with E-state index in [1.165, 1.54) is 4.90 Å². The predicted molar refractivity (Wildman–Crippen MR) is 204 cm³/mol. The van der Waals surface area contributed by atoms with Gasteiger partial charge in [0.1, 0.15) is 23.7 Å². The van der Waals surface area contributed by atoms with Crippen LogP contribution in [0.4, 0.5) is 11.4 Å².